The molecule has 1 aromatic rings. The van der Waals surface area contributed by atoms with Gasteiger partial charge in [-0.3, -0.25) is 0 Å². The van der Waals surface area contributed by atoms with Gasteiger partial charge < -0.3 is 9.84 Å². The third-order valence-corrected chi connectivity index (χ3v) is 3.85. The third-order valence-electron chi connectivity index (χ3n) is 2.48. The number of hydrogen-bond donors (Lipinski definition) is 2. The molecule has 0 bridgehead atoms. The number of nitrogens with zero attached hydrogens (tertiary/aromatic N) is 1. The van der Waals surface area contributed by atoms with Crippen molar-refractivity contribution in [2.75, 3.05) is 20.8 Å². The average Bonchev–Trinajstić information content (AvgIpc) is 2.45. The van der Waals surface area contributed by atoms with Gasteiger partial charge in [0.1, 0.15) is 6.61 Å². The minimum absolute atomic E-state index is 0.0834. The molecule has 7 nitrogen and oxygen atoms in total. The van der Waals surface area contributed by atoms with Crippen LogP contribution in [0.25, 0.3) is 0 Å². The molecule has 0 saturated heterocycles. The molecular formula is C13H16N2O5S. The van der Waals surface area contributed by atoms with Gasteiger partial charge >= 0.3 is 16.3 Å². The summed E-state index contributed by atoms with van der Waals surface area (Å²) in [6.45, 7) is -0.137. The highest BCUT2D eigenvalue weighted by molar-refractivity contribution is 7.87. The zero-order valence-corrected chi connectivity index (χ0v) is 12.5. The summed E-state index contributed by atoms with van der Waals surface area (Å²) >= 11 is 0. The number of carbonyl (C=O) groups is 1. The van der Waals surface area contributed by atoms with E-state index in [-0.39, 0.29) is 13.2 Å². The molecule has 0 aliphatic rings. The molecule has 0 unspecified atom stereocenters. The van der Waals surface area contributed by atoms with Crippen molar-refractivity contribution in [3.8, 4) is 11.8 Å². The van der Waals surface area contributed by atoms with E-state index in [0.717, 1.165) is 17.0 Å². The Kier molecular flexibility index (Phi) is 6.17. The molecule has 0 aliphatic heterocycles. The number of carbonyl (C=O) groups excluding carboxylic acids is 1. The molecule has 114 valence electrons. The summed E-state index contributed by atoms with van der Waals surface area (Å²) in [6, 6.07) is 6.86. The predicted octanol–water partition coefficient (Wildman–Crippen LogP) is 0.0630. The Morgan fingerprint density at radius 3 is 2.52 bits per heavy atom. The average molecular weight is 312 g/mol. The lowest BCUT2D eigenvalue weighted by molar-refractivity contribution is 0.177. The Hall–Kier alpha value is -2.08. The molecule has 1 aromatic carbocycles. The molecule has 0 heterocycles. The fourth-order valence-corrected chi connectivity index (χ4v) is 2.17. The maximum Gasteiger partial charge on any atom is 0.421 e. The summed E-state index contributed by atoms with van der Waals surface area (Å²) in [7, 11) is -1.53. The summed E-state index contributed by atoms with van der Waals surface area (Å²) in [4.78, 5) is 11.0. The Labute approximate surface area is 123 Å². The van der Waals surface area contributed by atoms with Crippen molar-refractivity contribution in [3.63, 3.8) is 0 Å². The first-order valence-corrected chi connectivity index (χ1v) is 7.33. The Morgan fingerprint density at radius 2 is 2.00 bits per heavy atom. The second kappa shape index (κ2) is 7.64. The molecule has 0 aliphatic carbocycles. The third kappa shape index (κ3) is 5.43. The van der Waals surface area contributed by atoms with Crippen LogP contribution in [0.15, 0.2) is 24.3 Å². The summed E-state index contributed by atoms with van der Waals surface area (Å²) < 4.78 is 30.5. The fraction of sp³-hybridized carbons (Fsp3) is 0.308. The number of rotatable bonds is 4. The normalized spacial score (nSPS) is 10.7. The van der Waals surface area contributed by atoms with Crippen LogP contribution in [0.1, 0.15) is 11.1 Å². The van der Waals surface area contributed by atoms with Crippen LogP contribution in [0.3, 0.4) is 0 Å². The van der Waals surface area contributed by atoms with E-state index >= 15 is 0 Å². The van der Waals surface area contributed by atoms with Crippen molar-refractivity contribution in [1.29, 1.82) is 0 Å². The molecule has 8 heteroatoms. The number of amides is 1. The lowest BCUT2D eigenvalue weighted by atomic mass is 10.1. The van der Waals surface area contributed by atoms with Crippen molar-refractivity contribution in [1.82, 2.24) is 9.03 Å². The molecule has 1 rings (SSSR count). The molecule has 0 saturated carbocycles. The van der Waals surface area contributed by atoms with E-state index < -0.39 is 16.3 Å². The minimum atomic E-state index is -3.95. The van der Waals surface area contributed by atoms with E-state index in [1.165, 1.54) is 7.05 Å². The number of benzene rings is 1. The van der Waals surface area contributed by atoms with Crippen molar-refractivity contribution >= 4 is 16.3 Å². The van der Waals surface area contributed by atoms with Crippen LogP contribution in [0.2, 0.25) is 0 Å². The number of aliphatic hydroxyl groups excluding tert-OH is 1. The summed E-state index contributed by atoms with van der Waals surface area (Å²) in [5.41, 5.74) is 1.44. The molecule has 0 spiro atoms. The van der Waals surface area contributed by atoms with Gasteiger partial charge in [-0.15, -0.1) is 0 Å². The largest absolute Gasteiger partial charge is 0.452 e. The Morgan fingerprint density at radius 1 is 1.38 bits per heavy atom. The monoisotopic (exact) mass is 312 g/mol. The van der Waals surface area contributed by atoms with Crippen molar-refractivity contribution < 1.29 is 23.1 Å². The van der Waals surface area contributed by atoms with Crippen molar-refractivity contribution in [3.05, 3.63) is 35.4 Å². The second-order valence-corrected chi connectivity index (χ2v) is 5.79. The highest BCUT2D eigenvalue weighted by Gasteiger charge is 2.20. The second-order valence-electron chi connectivity index (χ2n) is 4.01. The zero-order chi connectivity index (χ0) is 15.9. The standard InChI is InChI=1S/C13H16N2O5S/c1-15(21(18,19)14-13(17)20-2)10-12-7-5-11(6-8-12)4-3-9-16/h5-8,16H,9-10H2,1-2H3,(H,14,17). The highest BCUT2D eigenvalue weighted by Crippen LogP contribution is 2.08. The van der Waals surface area contributed by atoms with Gasteiger partial charge in [-0.1, -0.05) is 24.0 Å². The van der Waals surface area contributed by atoms with Crippen LogP contribution in [0.5, 0.6) is 0 Å². The number of aliphatic hydroxyl groups is 1. The van der Waals surface area contributed by atoms with E-state index in [1.54, 1.807) is 29.0 Å². The molecule has 0 aromatic heterocycles. The van der Waals surface area contributed by atoms with Gasteiger partial charge in [-0.2, -0.15) is 12.7 Å². The van der Waals surface area contributed by atoms with Crippen LogP contribution < -0.4 is 4.72 Å². The van der Waals surface area contributed by atoms with Gasteiger partial charge in [-0.05, 0) is 17.7 Å². The van der Waals surface area contributed by atoms with Gasteiger partial charge in [0.05, 0.1) is 7.11 Å². The van der Waals surface area contributed by atoms with E-state index in [4.69, 9.17) is 5.11 Å². The molecule has 0 atom stereocenters. The van der Waals surface area contributed by atoms with Crippen molar-refractivity contribution in [2.24, 2.45) is 0 Å². The van der Waals surface area contributed by atoms with E-state index in [0.29, 0.717) is 5.56 Å². The molecular weight excluding hydrogens is 296 g/mol. The van der Waals surface area contributed by atoms with Crippen LogP contribution in [-0.4, -0.2) is 44.7 Å². The van der Waals surface area contributed by atoms with Gasteiger partial charge in [0, 0.05) is 19.2 Å². The Balaban J connectivity index is 2.74. The lowest BCUT2D eigenvalue weighted by Gasteiger charge is -2.17. The van der Waals surface area contributed by atoms with Crippen LogP contribution in [0, 0.1) is 11.8 Å². The van der Waals surface area contributed by atoms with Gasteiger partial charge in [0.2, 0.25) is 0 Å². The molecule has 0 radical (unpaired) electrons. The highest BCUT2D eigenvalue weighted by atomic mass is 32.2. The first kappa shape index (κ1) is 17.0. The first-order valence-electron chi connectivity index (χ1n) is 5.89. The van der Waals surface area contributed by atoms with Gasteiger partial charge in [-0.25, -0.2) is 9.52 Å². The van der Waals surface area contributed by atoms with Crippen LogP contribution in [-0.2, 0) is 21.5 Å². The summed E-state index contributed by atoms with van der Waals surface area (Å²) in [6.07, 6.45) is -1.04. The maximum absolute atomic E-state index is 11.8. The summed E-state index contributed by atoms with van der Waals surface area (Å²) in [5.74, 6) is 5.25. The van der Waals surface area contributed by atoms with E-state index in [2.05, 4.69) is 16.6 Å². The molecule has 1 amide bonds. The lowest BCUT2D eigenvalue weighted by Crippen LogP contribution is -2.41. The number of methoxy groups -OCH3 is 1. The fourth-order valence-electron chi connectivity index (χ4n) is 1.40. The zero-order valence-electron chi connectivity index (χ0n) is 11.7. The van der Waals surface area contributed by atoms with Gasteiger partial charge in [0.25, 0.3) is 0 Å². The molecule has 0 fully saturated rings. The maximum atomic E-state index is 11.8. The molecule has 21 heavy (non-hydrogen) atoms. The van der Waals surface area contributed by atoms with E-state index in [9.17, 15) is 13.2 Å². The van der Waals surface area contributed by atoms with Crippen molar-refractivity contribution in [2.45, 2.75) is 6.54 Å². The van der Waals surface area contributed by atoms with Crippen LogP contribution >= 0.6 is 0 Å². The Bertz CT molecular complexity index is 643. The quantitative estimate of drug-likeness (QED) is 0.767. The number of nitrogens with one attached hydrogen (secondary N) is 1. The molecule has 2 N–H and O–H groups in total. The van der Waals surface area contributed by atoms with Crippen LogP contribution in [0.4, 0.5) is 4.79 Å². The summed E-state index contributed by atoms with van der Waals surface area (Å²) in [5, 5.41) is 8.59. The topological polar surface area (TPSA) is 95.9 Å². The SMILES string of the molecule is COC(=O)NS(=O)(=O)N(C)Cc1ccc(C#CCO)cc1. The number of ether oxygens (including phenoxy) is 1. The first-order chi connectivity index (χ1) is 9.89. The van der Waals surface area contributed by atoms with E-state index in [1.807, 2.05) is 0 Å². The number of hydrogen-bond acceptors (Lipinski definition) is 5. The smallest absolute Gasteiger partial charge is 0.421 e. The minimum Gasteiger partial charge on any atom is -0.452 e. The predicted molar refractivity (Wildman–Crippen MR) is 76.3 cm³/mol. The van der Waals surface area contributed by atoms with Gasteiger partial charge in [0.15, 0.2) is 0 Å².